The van der Waals surface area contributed by atoms with Gasteiger partial charge in [-0.05, 0) is 50.9 Å². The minimum atomic E-state index is -0.312. The minimum Gasteiger partial charge on any atom is -0.448 e. The monoisotopic (exact) mass is 368 g/mol. The van der Waals surface area contributed by atoms with Crippen LogP contribution in [0.5, 0.6) is 0 Å². The van der Waals surface area contributed by atoms with Gasteiger partial charge >= 0.3 is 0 Å². The van der Waals surface area contributed by atoms with Crippen molar-refractivity contribution in [2.24, 2.45) is 5.92 Å². The van der Waals surface area contributed by atoms with Gasteiger partial charge in [-0.3, -0.25) is 14.2 Å². The minimum absolute atomic E-state index is 0.000000787. The molecule has 27 heavy (non-hydrogen) atoms. The highest BCUT2D eigenvalue weighted by Crippen LogP contribution is 2.24. The molecule has 2 aromatic heterocycles. The molecule has 0 atom stereocenters. The van der Waals surface area contributed by atoms with Crippen molar-refractivity contribution in [3.8, 4) is 0 Å². The first-order chi connectivity index (χ1) is 13.2. The van der Waals surface area contributed by atoms with E-state index in [9.17, 15) is 9.59 Å². The van der Waals surface area contributed by atoms with Gasteiger partial charge in [0.2, 0.25) is 11.5 Å². The van der Waals surface area contributed by atoms with Gasteiger partial charge in [0.1, 0.15) is 17.6 Å². The fraction of sp³-hybridized carbons (Fsp3) is 0.450. The third kappa shape index (κ3) is 3.47. The number of piperidine rings is 1. The summed E-state index contributed by atoms with van der Waals surface area (Å²) in [5.74, 6) is 0.624. The van der Waals surface area contributed by atoms with E-state index in [1.165, 1.54) is 10.9 Å². The van der Waals surface area contributed by atoms with Crippen LogP contribution < -0.4 is 10.9 Å². The van der Waals surface area contributed by atoms with Gasteiger partial charge in [-0.1, -0.05) is 12.1 Å². The summed E-state index contributed by atoms with van der Waals surface area (Å²) < 4.78 is 7.02. The van der Waals surface area contributed by atoms with Crippen LogP contribution in [-0.2, 0) is 11.3 Å². The fourth-order valence-corrected chi connectivity index (χ4v) is 3.79. The number of aromatic nitrogens is 2. The summed E-state index contributed by atoms with van der Waals surface area (Å²) in [5.41, 5.74) is 1.07. The number of nitrogens with one attached hydrogen (secondary N) is 1. The lowest BCUT2D eigenvalue weighted by atomic mass is 9.93. The van der Waals surface area contributed by atoms with E-state index < -0.39 is 0 Å². The van der Waals surface area contributed by atoms with E-state index in [1.807, 2.05) is 36.2 Å². The Balaban J connectivity index is 1.49. The molecule has 0 unspecified atom stereocenters. The normalized spacial score (nSPS) is 15.7. The molecule has 0 bridgehead atoms. The molecule has 1 N–H and O–H groups in total. The van der Waals surface area contributed by atoms with Crippen LogP contribution in [0.3, 0.4) is 0 Å². The predicted octanol–water partition coefficient (Wildman–Crippen LogP) is 1.99. The van der Waals surface area contributed by atoms with E-state index in [-0.39, 0.29) is 23.6 Å². The highest BCUT2D eigenvalue weighted by molar-refractivity contribution is 6.01. The van der Waals surface area contributed by atoms with Gasteiger partial charge in [-0.15, -0.1) is 0 Å². The number of rotatable bonds is 5. The molecule has 0 radical (unpaired) electrons. The number of carbonyl (C=O) groups excluding carboxylic acids is 1. The van der Waals surface area contributed by atoms with Crippen LogP contribution in [0.2, 0.25) is 0 Å². The Hall–Kier alpha value is -2.67. The van der Waals surface area contributed by atoms with Gasteiger partial charge in [-0.2, -0.15) is 0 Å². The Bertz CT molecular complexity index is 1010. The standard InChI is InChI=1S/C20H24N4O3/c1-21-9-6-14-7-10-23(11-8-14)17(25)12-24-13-22-18-15-4-2-3-5-16(15)27-19(18)20(24)26/h2-5,13-14,21H,6-12H2,1H3. The average molecular weight is 368 g/mol. The first-order valence-electron chi connectivity index (χ1n) is 9.46. The Kier molecular flexibility index (Phi) is 4.94. The van der Waals surface area contributed by atoms with Crippen LogP contribution in [0.1, 0.15) is 19.3 Å². The van der Waals surface area contributed by atoms with Crippen molar-refractivity contribution in [2.45, 2.75) is 25.8 Å². The quantitative estimate of drug-likeness (QED) is 0.745. The van der Waals surface area contributed by atoms with E-state index in [0.717, 1.165) is 44.3 Å². The highest BCUT2D eigenvalue weighted by atomic mass is 16.3. The van der Waals surface area contributed by atoms with Crippen LogP contribution in [-0.4, -0.2) is 47.0 Å². The van der Waals surface area contributed by atoms with Crippen LogP contribution in [0.25, 0.3) is 22.1 Å². The number of benzene rings is 1. The van der Waals surface area contributed by atoms with Crippen LogP contribution in [0.4, 0.5) is 0 Å². The van der Waals surface area contributed by atoms with Crippen molar-refractivity contribution in [2.75, 3.05) is 26.7 Å². The second-order valence-corrected chi connectivity index (χ2v) is 7.17. The SMILES string of the molecule is CNCCC1CCN(C(=O)Cn2cnc3c(oc4ccccc43)c2=O)CC1. The topological polar surface area (TPSA) is 80.4 Å². The molecule has 7 nitrogen and oxygen atoms in total. The number of amides is 1. The van der Waals surface area contributed by atoms with Crippen molar-refractivity contribution >= 4 is 28.0 Å². The smallest absolute Gasteiger partial charge is 0.297 e. The van der Waals surface area contributed by atoms with E-state index in [2.05, 4.69) is 10.3 Å². The summed E-state index contributed by atoms with van der Waals surface area (Å²) in [5, 5.41) is 3.99. The number of fused-ring (bicyclic) bond motifs is 3. The fourth-order valence-electron chi connectivity index (χ4n) is 3.79. The maximum atomic E-state index is 12.7. The molecule has 0 aliphatic carbocycles. The molecule has 1 aliphatic heterocycles. The van der Waals surface area contributed by atoms with E-state index >= 15 is 0 Å². The third-order valence-electron chi connectivity index (χ3n) is 5.43. The van der Waals surface area contributed by atoms with Crippen molar-refractivity contribution in [1.82, 2.24) is 19.8 Å². The molecule has 142 valence electrons. The lowest BCUT2D eigenvalue weighted by Crippen LogP contribution is -2.41. The molecule has 3 heterocycles. The van der Waals surface area contributed by atoms with Crippen LogP contribution >= 0.6 is 0 Å². The van der Waals surface area contributed by atoms with Gasteiger partial charge in [0.05, 0.1) is 6.33 Å². The molecule has 0 spiro atoms. The summed E-state index contributed by atoms with van der Waals surface area (Å²) in [7, 11) is 1.96. The van der Waals surface area contributed by atoms with Gasteiger partial charge in [-0.25, -0.2) is 4.98 Å². The van der Waals surface area contributed by atoms with Gasteiger partial charge in [0, 0.05) is 18.5 Å². The number of para-hydroxylation sites is 1. The molecule has 4 rings (SSSR count). The second-order valence-electron chi connectivity index (χ2n) is 7.17. The van der Waals surface area contributed by atoms with Crippen molar-refractivity contribution in [3.05, 3.63) is 40.9 Å². The number of likely N-dealkylation sites (tertiary alicyclic amines) is 1. The Morgan fingerprint density at radius 3 is 2.85 bits per heavy atom. The van der Waals surface area contributed by atoms with Crippen molar-refractivity contribution in [3.63, 3.8) is 0 Å². The van der Waals surface area contributed by atoms with Gasteiger partial charge in [0.15, 0.2) is 0 Å². The molecule has 7 heteroatoms. The summed E-state index contributed by atoms with van der Waals surface area (Å²) >= 11 is 0. The maximum absolute atomic E-state index is 12.7. The van der Waals surface area contributed by atoms with Crippen LogP contribution in [0, 0.1) is 5.92 Å². The van der Waals surface area contributed by atoms with Gasteiger partial charge in [0.25, 0.3) is 5.56 Å². The average Bonchev–Trinajstić information content (AvgIpc) is 3.08. The molecule has 1 aliphatic rings. The molecule has 1 saturated heterocycles. The summed E-state index contributed by atoms with van der Waals surface area (Å²) in [4.78, 5) is 31.6. The van der Waals surface area contributed by atoms with E-state index in [1.54, 1.807) is 0 Å². The Morgan fingerprint density at radius 2 is 2.07 bits per heavy atom. The molecule has 3 aromatic rings. The molecule has 1 fully saturated rings. The van der Waals surface area contributed by atoms with Crippen molar-refractivity contribution in [1.29, 1.82) is 0 Å². The largest absolute Gasteiger partial charge is 0.448 e. The van der Waals surface area contributed by atoms with Gasteiger partial charge < -0.3 is 14.6 Å². The molecular weight excluding hydrogens is 344 g/mol. The van der Waals surface area contributed by atoms with Crippen LogP contribution in [0.15, 0.2) is 39.8 Å². The molecule has 0 saturated carbocycles. The maximum Gasteiger partial charge on any atom is 0.297 e. The Labute approximate surface area is 157 Å². The number of nitrogens with zero attached hydrogens (tertiary/aromatic N) is 3. The summed E-state index contributed by atoms with van der Waals surface area (Å²) in [6.45, 7) is 2.52. The zero-order chi connectivity index (χ0) is 18.8. The molecule has 1 aromatic carbocycles. The summed E-state index contributed by atoms with van der Waals surface area (Å²) in [6.07, 6.45) is 4.63. The first-order valence-corrected chi connectivity index (χ1v) is 9.46. The van der Waals surface area contributed by atoms with Crippen molar-refractivity contribution < 1.29 is 9.21 Å². The molecule has 1 amide bonds. The molecular formula is C20H24N4O3. The lowest BCUT2D eigenvalue weighted by molar-refractivity contribution is -0.133. The zero-order valence-electron chi connectivity index (χ0n) is 15.5. The third-order valence-corrected chi connectivity index (χ3v) is 5.43. The number of carbonyl (C=O) groups is 1. The Morgan fingerprint density at radius 1 is 1.30 bits per heavy atom. The number of hydrogen-bond acceptors (Lipinski definition) is 5. The number of furan rings is 1. The van der Waals surface area contributed by atoms with E-state index in [0.29, 0.717) is 17.0 Å². The lowest BCUT2D eigenvalue weighted by Gasteiger charge is -2.32. The summed E-state index contributed by atoms with van der Waals surface area (Å²) in [6, 6.07) is 7.42. The predicted molar refractivity (Wildman–Crippen MR) is 104 cm³/mol. The zero-order valence-corrected chi connectivity index (χ0v) is 15.5. The number of hydrogen-bond donors (Lipinski definition) is 1. The first kappa shape index (κ1) is 17.7. The highest BCUT2D eigenvalue weighted by Gasteiger charge is 2.23. The van der Waals surface area contributed by atoms with E-state index in [4.69, 9.17) is 4.42 Å². The second kappa shape index (κ2) is 7.52.